The van der Waals surface area contributed by atoms with Crippen LogP contribution in [0.4, 0.5) is 0 Å². The SMILES string of the molecule is COc1ccsc1CNCCC1(c2ccccn2)CCOC2(CCCC2)C1.Cl. The zero-order valence-corrected chi connectivity index (χ0v) is 18.2. The summed E-state index contributed by atoms with van der Waals surface area (Å²) in [6, 6.07) is 8.41. The molecule has 4 nitrogen and oxygen atoms in total. The van der Waals surface area contributed by atoms with Gasteiger partial charge in [0.1, 0.15) is 5.75 Å². The van der Waals surface area contributed by atoms with Crippen molar-refractivity contribution in [2.75, 3.05) is 20.3 Å². The molecule has 1 saturated heterocycles. The van der Waals surface area contributed by atoms with Crippen LogP contribution in [-0.2, 0) is 16.7 Å². The Morgan fingerprint density at radius 1 is 1.21 bits per heavy atom. The second kappa shape index (κ2) is 9.57. The van der Waals surface area contributed by atoms with Gasteiger partial charge in [-0.1, -0.05) is 18.9 Å². The predicted octanol–water partition coefficient (Wildman–Crippen LogP) is 5.11. The number of nitrogens with one attached hydrogen (secondary N) is 1. The summed E-state index contributed by atoms with van der Waals surface area (Å²) in [5.41, 5.74) is 1.46. The number of halogens is 1. The van der Waals surface area contributed by atoms with E-state index >= 15 is 0 Å². The van der Waals surface area contributed by atoms with Crippen molar-refractivity contribution in [3.8, 4) is 5.75 Å². The van der Waals surface area contributed by atoms with Crippen molar-refractivity contribution in [3.05, 3.63) is 46.4 Å². The molecule has 1 unspecified atom stereocenters. The highest BCUT2D eigenvalue weighted by atomic mass is 35.5. The molecule has 1 spiro atoms. The lowest BCUT2D eigenvalue weighted by Crippen LogP contribution is -2.47. The molecule has 154 valence electrons. The summed E-state index contributed by atoms with van der Waals surface area (Å²) in [6.45, 7) is 2.70. The zero-order valence-electron chi connectivity index (χ0n) is 16.6. The van der Waals surface area contributed by atoms with Gasteiger partial charge in [-0.15, -0.1) is 23.7 Å². The van der Waals surface area contributed by atoms with Gasteiger partial charge in [-0.2, -0.15) is 0 Å². The molecule has 1 aliphatic carbocycles. The topological polar surface area (TPSA) is 43.4 Å². The molecule has 1 saturated carbocycles. The summed E-state index contributed by atoms with van der Waals surface area (Å²) >= 11 is 1.75. The Morgan fingerprint density at radius 2 is 2.07 bits per heavy atom. The molecule has 3 heterocycles. The standard InChI is InChI=1S/C22H30N2O2S.ClH/c1-25-18-7-15-27-19(18)16-23-13-10-21(20-6-2-5-12-24-20)11-14-26-22(17-21)8-3-4-9-22;/h2,5-7,12,15,23H,3-4,8-11,13-14,16-17H2,1H3;1H. The van der Waals surface area contributed by atoms with E-state index in [0.29, 0.717) is 0 Å². The summed E-state index contributed by atoms with van der Waals surface area (Å²) < 4.78 is 11.8. The minimum Gasteiger partial charge on any atom is -0.496 e. The number of nitrogens with zero attached hydrogens (tertiary/aromatic N) is 1. The van der Waals surface area contributed by atoms with Crippen LogP contribution >= 0.6 is 23.7 Å². The van der Waals surface area contributed by atoms with E-state index < -0.39 is 0 Å². The number of methoxy groups -OCH3 is 1. The first-order chi connectivity index (χ1) is 13.3. The Balaban J connectivity index is 0.00000225. The third-order valence-electron chi connectivity index (χ3n) is 6.36. The van der Waals surface area contributed by atoms with E-state index in [4.69, 9.17) is 14.5 Å². The lowest BCUT2D eigenvalue weighted by Gasteiger charge is -2.46. The number of pyridine rings is 1. The lowest BCUT2D eigenvalue weighted by molar-refractivity contribution is -0.104. The second-order valence-electron chi connectivity index (χ2n) is 8.00. The first-order valence-corrected chi connectivity index (χ1v) is 11.0. The molecule has 0 aromatic carbocycles. The van der Waals surface area contributed by atoms with Crippen molar-refractivity contribution >= 4 is 23.7 Å². The fraction of sp³-hybridized carbons (Fsp3) is 0.591. The summed E-state index contributed by atoms with van der Waals surface area (Å²) in [5.74, 6) is 0.989. The van der Waals surface area contributed by atoms with E-state index in [2.05, 4.69) is 22.8 Å². The quantitative estimate of drug-likeness (QED) is 0.629. The zero-order chi connectivity index (χ0) is 18.6. The minimum absolute atomic E-state index is 0. The summed E-state index contributed by atoms with van der Waals surface area (Å²) in [4.78, 5) is 6.05. The van der Waals surface area contributed by atoms with Gasteiger partial charge in [-0.3, -0.25) is 4.98 Å². The van der Waals surface area contributed by atoms with E-state index in [1.165, 1.54) is 36.3 Å². The van der Waals surface area contributed by atoms with Gasteiger partial charge >= 0.3 is 0 Å². The van der Waals surface area contributed by atoms with Crippen LogP contribution in [0.5, 0.6) is 5.75 Å². The van der Waals surface area contributed by atoms with Gasteiger partial charge in [-0.25, -0.2) is 0 Å². The monoisotopic (exact) mass is 422 g/mol. The van der Waals surface area contributed by atoms with Gasteiger partial charge < -0.3 is 14.8 Å². The maximum absolute atomic E-state index is 6.34. The van der Waals surface area contributed by atoms with Gasteiger partial charge in [-0.05, 0) is 62.2 Å². The number of ether oxygens (including phenoxy) is 2. The molecule has 0 amide bonds. The van der Waals surface area contributed by atoms with Crippen molar-refractivity contribution in [2.45, 2.75) is 62.5 Å². The second-order valence-corrected chi connectivity index (χ2v) is 9.00. The highest BCUT2D eigenvalue weighted by Gasteiger charge is 2.48. The normalized spacial score (nSPS) is 23.5. The molecular weight excluding hydrogens is 392 g/mol. The van der Waals surface area contributed by atoms with Crippen LogP contribution in [0.2, 0.25) is 0 Å². The molecule has 1 aliphatic heterocycles. The van der Waals surface area contributed by atoms with Gasteiger partial charge in [0.15, 0.2) is 0 Å². The van der Waals surface area contributed by atoms with Crippen LogP contribution in [0.3, 0.4) is 0 Å². The Labute approximate surface area is 178 Å². The molecule has 0 bridgehead atoms. The van der Waals surface area contributed by atoms with Crippen LogP contribution in [0.15, 0.2) is 35.8 Å². The first-order valence-electron chi connectivity index (χ1n) is 10.1. The molecule has 1 N–H and O–H groups in total. The molecule has 2 aromatic heterocycles. The molecule has 4 rings (SSSR count). The Bertz CT molecular complexity index is 733. The highest BCUT2D eigenvalue weighted by Crippen LogP contribution is 2.49. The van der Waals surface area contributed by atoms with E-state index in [0.717, 1.165) is 44.7 Å². The van der Waals surface area contributed by atoms with Gasteiger partial charge in [0.2, 0.25) is 0 Å². The van der Waals surface area contributed by atoms with Crippen LogP contribution in [0.25, 0.3) is 0 Å². The summed E-state index contributed by atoms with van der Waals surface area (Å²) in [6.07, 6.45) is 10.2. The maximum Gasteiger partial charge on any atom is 0.134 e. The van der Waals surface area contributed by atoms with Crippen LogP contribution in [-0.4, -0.2) is 30.8 Å². The molecule has 2 aromatic rings. The number of thiophene rings is 1. The number of hydrogen-bond acceptors (Lipinski definition) is 5. The third kappa shape index (κ3) is 4.54. The van der Waals surface area contributed by atoms with Crippen molar-refractivity contribution < 1.29 is 9.47 Å². The number of rotatable bonds is 7. The largest absolute Gasteiger partial charge is 0.496 e. The number of aromatic nitrogens is 1. The molecule has 2 fully saturated rings. The number of hydrogen-bond donors (Lipinski definition) is 1. The maximum atomic E-state index is 6.34. The Hall–Kier alpha value is -1.14. The fourth-order valence-corrected chi connectivity index (χ4v) is 5.77. The summed E-state index contributed by atoms with van der Waals surface area (Å²) in [7, 11) is 1.74. The predicted molar refractivity (Wildman–Crippen MR) is 117 cm³/mol. The van der Waals surface area contributed by atoms with Crippen LogP contribution in [0, 0.1) is 0 Å². The Kier molecular flexibility index (Phi) is 7.37. The molecular formula is C22H31ClN2O2S. The third-order valence-corrected chi connectivity index (χ3v) is 7.26. The van der Waals surface area contributed by atoms with E-state index in [1.807, 2.05) is 18.3 Å². The molecule has 1 atom stereocenters. The van der Waals surface area contributed by atoms with Crippen molar-refractivity contribution in [1.82, 2.24) is 10.3 Å². The van der Waals surface area contributed by atoms with Crippen LogP contribution < -0.4 is 10.1 Å². The minimum atomic E-state index is 0. The average molecular weight is 423 g/mol. The lowest BCUT2D eigenvalue weighted by atomic mass is 9.68. The van der Waals surface area contributed by atoms with Crippen molar-refractivity contribution in [1.29, 1.82) is 0 Å². The Morgan fingerprint density at radius 3 is 2.82 bits per heavy atom. The average Bonchev–Trinajstić information content (AvgIpc) is 3.35. The highest BCUT2D eigenvalue weighted by molar-refractivity contribution is 7.10. The molecule has 6 heteroatoms. The van der Waals surface area contributed by atoms with E-state index in [-0.39, 0.29) is 23.4 Å². The van der Waals surface area contributed by atoms with E-state index in [1.54, 1.807) is 18.4 Å². The van der Waals surface area contributed by atoms with Gasteiger partial charge in [0, 0.05) is 30.5 Å². The van der Waals surface area contributed by atoms with Crippen LogP contribution in [0.1, 0.15) is 55.5 Å². The molecule has 2 aliphatic rings. The van der Waals surface area contributed by atoms with E-state index in [9.17, 15) is 0 Å². The van der Waals surface area contributed by atoms with Gasteiger partial charge in [0.05, 0.1) is 17.6 Å². The molecule has 0 radical (unpaired) electrons. The van der Waals surface area contributed by atoms with Gasteiger partial charge in [0.25, 0.3) is 0 Å². The summed E-state index contributed by atoms with van der Waals surface area (Å²) in [5, 5.41) is 5.74. The molecule has 28 heavy (non-hydrogen) atoms. The first kappa shape index (κ1) is 21.6. The smallest absolute Gasteiger partial charge is 0.134 e. The van der Waals surface area contributed by atoms with Crippen molar-refractivity contribution in [2.24, 2.45) is 0 Å². The van der Waals surface area contributed by atoms with Crippen molar-refractivity contribution in [3.63, 3.8) is 0 Å². The fourth-order valence-electron chi connectivity index (χ4n) is 4.97.